The van der Waals surface area contributed by atoms with E-state index in [-0.39, 0.29) is 24.1 Å². The minimum Gasteiger partial charge on any atom is -0.456 e. The van der Waals surface area contributed by atoms with Crippen LogP contribution in [0.2, 0.25) is 0 Å². The second-order valence-corrected chi connectivity index (χ2v) is 7.10. The lowest BCUT2D eigenvalue weighted by Gasteiger charge is -2.60. The summed E-state index contributed by atoms with van der Waals surface area (Å²) in [4.78, 5) is 23.3. The molecule has 0 aromatic heterocycles. The van der Waals surface area contributed by atoms with Gasteiger partial charge in [0.2, 0.25) is 0 Å². The number of carbonyl (C=O) groups excluding carboxylic acids is 2. The molecule has 4 nitrogen and oxygen atoms in total. The fraction of sp³-hybridized carbons (Fsp3) is 0.882. The molecule has 4 rings (SSSR count). The summed E-state index contributed by atoms with van der Waals surface area (Å²) in [6.07, 6.45) is 7.41. The first-order chi connectivity index (χ1) is 10.1. The number of esters is 2. The molecule has 4 aliphatic carbocycles. The molecule has 118 valence electrons. The highest BCUT2D eigenvalue weighted by Crippen LogP contribution is 2.60. The van der Waals surface area contributed by atoms with Crippen LogP contribution < -0.4 is 0 Å². The van der Waals surface area contributed by atoms with E-state index >= 15 is 0 Å². The Bertz CT molecular complexity index is 401. The average Bonchev–Trinajstić information content (AvgIpc) is 2.48. The summed E-state index contributed by atoms with van der Waals surface area (Å²) in [6.45, 7) is 3.62. The van der Waals surface area contributed by atoms with Crippen LogP contribution in [0.1, 0.15) is 58.8 Å². The van der Waals surface area contributed by atoms with E-state index in [1.54, 1.807) is 6.92 Å². The third-order valence-corrected chi connectivity index (χ3v) is 6.02. The number of ether oxygens (including phenoxy) is 2. The van der Waals surface area contributed by atoms with Gasteiger partial charge >= 0.3 is 11.9 Å². The molecule has 0 aromatic rings. The van der Waals surface area contributed by atoms with E-state index in [2.05, 4.69) is 6.92 Å². The summed E-state index contributed by atoms with van der Waals surface area (Å²) in [6, 6.07) is 0. The van der Waals surface area contributed by atoms with Crippen molar-refractivity contribution in [1.29, 1.82) is 0 Å². The molecule has 4 bridgehead atoms. The lowest BCUT2D eigenvalue weighted by atomic mass is 9.49. The van der Waals surface area contributed by atoms with Crippen molar-refractivity contribution in [2.45, 2.75) is 64.4 Å². The first-order valence-electron chi connectivity index (χ1n) is 8.44. The molecule has 0 spiro atoms. The van der Waals surface area contributed by atoms with Gasteiger partial charge in [0.05, 0.1) is 0 Å². The Balaban J connectivity index is 1.67. The molecular weight excluding hydrogens is 268 g/mol. The van der Waals surface area contributed by atoms with Gasteiger partial charge in [0, 0.05) is 6.42 Å². The van der Waals surface area contributed by atoms with Gasteiger partial charge in [0.25, 0.3) is 0 Å². The summed E-state index contributed by atoms with van der Waals surface area (Å²) in [7, 11) is 0. The van der Waals surface area contributed by atoms with Gasteiger partial charge in [-0.3, -0.25) is 4.79 Å². The first-order valence-corrected chi connectivity index (χ1v) is 8.44. The fourth-order valence-electron chi connectivity index (χ4n) is 5.28. The van der Waals surface area contributed by atoms with Crippen molar-refractivity contribution < 1.29 is 19.1 Å². The predicted octanol–water partition coefficient (Wildman–Crippen LogP) is 3.09. The van der Waals surface area contributed by atoms with Crippen LogP contribution in [-0.2, 0) is 19.1 Å². The SMILES string of the molecule is CCC(=O)OCC(=O)OC1(CC)C2CC3CC(C2)CC1C3. The first kappa shape index (κ1) is 14.9. The molecule has 0 saturated heterocycles. The highest BCUT2D eigenvalue weighted by atomic mass is 16.6. The van der Waals surface area contributed by atoms with Gasteiger partial charge in [-0.15, -0.1) is 0 Å². The molecule has 4 fully saturated rings. The van der Waals surface area contributed by atoms with E-state index in [1.165, 1.54) is 32.1 Å². The quantitative estimate of drug-likeness (QED) is 0.731. The zero-order valence-electron chi connectivity index (χ0n) is 13.1. The molecular formula is C17H26O4. The largest absolute Gasteiger partial charge is 0.456 e. The van der Waals surface area contributed by atoms with Gasteiger partial charge in [-0.05, 0) is 62.2 Å². The molecule has 0 radical (unpaired) electrons. The van der Waals surface area contributed by atoms with E-state index in [0.717, 1.165) is 18.3 Å². The second-order valence-electron chi connectivity index (χ2n) is 7.10. The molecule has 0 heterocycles. The molecule has 0 aromatic carbocycles. The van der Waals surface area contributed by atoms with Gasteiger partial charge < -0.3 is 9.47 Å². The summed E-state index contributed by atoms with van der Waals surface area (Å²) in [5.41, 5.74) is -0.289. The molecule has 0 N–H and O–H groups in total. The molecule has 0 aliphatic heterocycles. The van der Waals surface area contributed by atoms with Crippen molar-refractivity contribution in [3.8, 4) is 0 Å². The highest BCUT2D eigenvalue weighted by Gasteiger charge is 2.58. The Kier molecular flexibility index (Phi) is 3.98. The van der Waals surface area contributed by atoms with E-state index in [0.29, 0.717) is 18.3 Å². The molecule has 4 heteroatoms. The lowest BCUT2D eigenvalue weighted by Crippen LogP contribution is -2.59. The number of hydrogen-bond donors (Lipinski definition) is 0. The van der Waals surface area contributed by atoms with Crippen LogP contribution in [0.3, 0.4) is 0 Å². The van der Waals surface area contributed by atoms with Gasteiger partial charge in [-0.2, -0.15) is 0 Å². The maximum absolute atomic E-state index is 12.1. The van der Waals surface area contributed by atoms with Crippen molar-refractivity contribution in [1.82, 2.24) is 0 Å². The van der Waals surface area contributed by atoms with Crippen LogP contribution in [0.15, 0.2) is 0 Å². The Morgan fingerprint density at radius 2 is 1.52 bits per heavy atom. The minimum absolute atomic E-state index is 0.235. The van der Waals surface area contributed by atoms with Crippen LogP contribution >= 0.6 is 0 Å². The second kappa shape index (κ2) is 5.62. The third kappa shape index (κ3) is 2.58. The molecule has 0 amide bonds. The topological polar surface area (TPSA) is 52.6 Å². The molecule has 0 unspecified atom stereocenters. The smallest absolute Gasteiger partial charge is 0.344 e. The van der Waals surface area contributed by atoms with E-state index in [9.17, 15) is 9.59 Å². The maximum Gasteiger partial charge on any atom is 0.344 e. The Morgan fingerprint density at radius 1 is 0.952 bits per heavy atom. The summed E-state index contributed by atoms with van der Waals surface area (Å²) in [5, 5.41) is 0. The minimum atomic E-state index is -0.369. The van der Waals surface area contributed by atoms with E-state index < -0.39 is 0 Å². The van der Waals surface area contributed by atoms with Gasteiger partial charge in [0.1, 0.15) is 5.60 Å². The number of hydrogen-bond acceptors (Lipinski definition) is 4. The maximum atomic E-state index is 12.1. The standard InChI is InChI=1S/C17H26O4/c1-3-15(18)20-10-16(19)21-17(4-2)13-6-11-5-12(8-13)9-14(17)7-11/h11-14H,3-10H2,1-2H3. The Labute approximate surface area is 126 Å². The van der Waals surface area contributed by atoms with Crippen LogP contribution in [0, 0.1) is 23.7 Å². The third-order valence-electron chi connectivity index (χ3n) is 6.02. The summed E-state index contributed by atoms with van der Waals surface area (Å²) < 4.78 is 10.9. The zero-order chi connectivity index (χ0) is 15.0. The van der Waals surface area contributed by atoms with Crippen molar-refractivity contribution in [3.63, 3.8) is 0 Å². The van der Waals surface area contributed by atoms with Crippen LogP contribution in [0.5, 0.6) is 0 Å². The molecule has 4 aliphatic rings. The van der Waals surface area contributed by atoms with Gasteiger partial charge in [0.15, 0.2) is 6.61 Å². The van der Waals surface area contributed by atoms with Crippen LogP contribution in [-0.4, -0.2) is 24.1 Å². The van der Waals surface area contributed by atoms with Gasteiger partial charge in [-0.25, -0.2) is 4.79 Å². The summed E-state index contributed by atoms with van der Waals surface area (Å²) >= 11 is 0. The van der Waals surface area contributed by atoms with E-state index in [4.69, 9.17) is 9.47 Å². The predicted molar refractivity (Wildman–Crippen MR) is 77.4 cm³/mol. The zero-order valence-corrected chi connectivity index (χ0v) is 13.1. The normalized spacial score (nSPS) is 40.1. The van der Waals surface area contributed by atoms with Crippen molar-refractivity contribution in [2.24, 2.45) is 23.7 Å². The van der Waals surface area contributed by atoms with Crippen molar-refractivity contribution in [2.75, 3.05) is 6.61 Å². The summed E-state index contributed by atoms with van der Waals surface area (Å²) in [5.74, 6) is 2.02. The monoisotopic (exact) mass is 294 g/mol. The number of rotatable bonds is 5. The van der Waals surface area contributed by atoms with Crippen LogP contribution in [0.25, 0.3) is 0 Å². The van der Waals surface area contributed by atoms with Gasteiger partial charge in [-0.1, -0.05) is 13.8 Å². The van der Waals surface area contributed by atoms with Crippen molar-refractivity contribution >= 4 is 11.9 Å². The molecule has 0 atom stereocenters. The lowest BCUT2D eigenvalue weighted by molar-refractivity contribution is -0.214. The van der Waals surface area contributed by atoms with Crippen molar-refractivity contribution in [3.05, 3.63) is 0 Å². The average molecular weight is 294 g/mol. The Hall–Kier alpha value is -1.06. The molecule has 21 heavy (non-hydrogen) atoms. The molecule has 4 saturated carbocycles. The number of carbonyl (C=O) groups is 2. The fourth-order valence-corrected chi connectivity index (χ4v) is 5.28. The van der Waals surface area contributed by atoms with E-state index in [1.807, 2.05) is 0 Å². The van der Waals surface area contributed by atoms with Crippen LogP contribution in [0.4, 0.5) is 0 Å². The highest BCUT2D eigenvalue weighted by molar-refractivity contribution is 5.76. The Morgan fingerprint density at radius 3 is 2.00 bits per heavy atom.